The van der Waals surface area contributed by atoms with E-state index in [1.54, 1.807) is 0 Å². The number of aliphatic hydroxyl groups excluding tert-OH is 4. The Balaban J connectivity index is 3.50. The number of hydrogen-bond donors (Lipinski definition) is 5. The molecule has 0 saturated carbocycles. The van der Waals surface area contributed by atoms with Crippen molar-refractivity contribution in [2.45, 2.75) is 289 Å². The predicted molar refractivity (Wildman–Crippen MR) is 228 cm³/mol. The first-order chi connectivity index (χ1) is 26.0. The fourth-order valence-corrected chi connectivity index (χ4v) is 7.76. The summed E-state index contributed by atoms with van der Waals surface area (Å²) in [7, 11) is 0. The molecule has 0 aliphatic rings. The second-order valence-corrected chi connectivity index (χ2v) is 16.8. The molecular formula is C47H95NO5. The molecule has 0 rings (SSSR count). The number of nitrogens with one attached hydrogen (secondary N) is 1. The van der Waals surface area contributed by atoms with E-state index in [4.69, 9.17) is 0 Å². The van der Waals surface area contributed by atoms with Crippen LogP contribution in [0.3, 0.4) is 0 Å². The van der Waals surface area contributed by atoms with Crippen LogP contribution in [0.2, 0.25) is 0 Å². The molecule has 6 nitrogen and oxygen atoms in total. The molecule has 4 atom stereocenters. The maximum absolute atomic E-state index is 12.5. The molecule has 0 aromatic rings. The van der Waals surface area contributed by atoms with Crippen LogP contribution in [-0.4, -0.2) is 57.3 Å². The van der Waals surface area contributed by atoms with Gasteiger partial charge in [-0.1, -0.05) is 251 Å². The fraction of sp³-hybridized carbons (Fsp3) is 0.979. The molecule has 0 heterocycles. The third-order valence-corrected chi connectivity index (χ3v) is 11.6. The lowest BCUT2D eigenvalue weighted by molar-refractivity contribution is -0.132. The van der Waals surface area contributed by atoms with E-state index in [1.165, 1.54) is 199 Å². The minimum Gasteiger partial charge on any atom is -0.394 e. The first-order valence-electron chi connectivity index (χ1n) is 23.9. The lowest BCUT2D eigenvalue weighted by atomic mass is 9.99. The van der Waals surface area contributed by atoms with Crippen molar-refractivity contribution in [3.05, 3.63) is 0 Å². The first-order valence-corrected chi connectivity index (χ1v) is 23.9. The molecule has 0 aliphatic carbocycles. The lowest BCUT2D eigenvalue weighted by Crippen LogP contribution is -2.53. The number of carbonyl (C=O) groups is 1. The highest BCUT2D eigenvalue weighted by Gasteiger charge is 2.28. The zero-order chi connectivity index (χ0) is 38.9. The molecule has 0 aliphatic heterocycles. The summed E-state index contributed by atoms with van der Waals surface area (Å²) in [6.45, 7) is 4.03. The highest BCUT2D eigenvalue weighted by atomic mass is 16.3. The predicted octanol–water partition coefficient (Wildman–Crippen LogP) is 12.8. The van der Waals surface area contributed by atoms with Crippen LogP contribution in [0.15, 0.2) is 0 Å². The highest BCUT2D eigenvalue weighted by molar-refractivity contribution is 5.80. The lowest BCUT2D eigenvalue weighted by Gasteiger charge is -2.27. The number of unbranched alkanes of at least 4 members (excludes halogenated alkanes) is 35. The van der Waals surface area contributed by atoms with Gasteiger partial charge in [-0.15, -0.1) is 0 Å². The van der Waals surface area contributed by atoms with Gasteiger partial charge in [0, 0.05) is 0 Å². The molecule has 0 aromatic heterocycles. The standard InChI is InChI=1S/C47H95NO5/c1-3-5-7-9-11-13-14-15-16-17-18-19-20-21-22-23-24-25-26-27-28-29-30-31-32-33-35-37-39-41-45(51)47(53)48-43(42-49)46(52)44(50)40-38-36-34-12-10-8-6-4-2/h43-46,49-52H,3-42H2,1-2H3,(H,48,53). The quantitative estimate of drug-likeness (QED) is 0.0398. The molecule has 318 valence electrons. The minimum atomic E-state index is -1.25. The van der Waals surface area contributed by atoms with Gasteiger partial charge in [0.25, 0.3) is 0 Å². The Morgan fingerprint density at radius 2 is 0.642 bits per heavy atom. The van der Waals surface area contributed by atoms with Crippen LogP contribution < -0.4 is 5.32 Å². The first kappa shape index (κ1) is 52.3. The van der Waals surface area contributed by atoms with Crippen molar-refractivity contribution in [2.75, 3.05) is 6.61 Å². The van der Waals surface area contributed by atoms with E-state index in [0.717, 1.165) is 38.5 Å². The molecule has 0 saturated heterocycles. The van der Waals surface area contributed by atoms with Gasteiger partial charge in [0.05, 0.1) is 18.8 Å². The van der Waals surface area contributed by atoms with Crippen LogP contribution in [0.5, 0.6) is 0 Å². The van der Waals surface area contributed by atoms with Crippen LogP contribution in [0.25, 0.3) is 0 Å². The Hall–Kier alpha value is -0.690. The Morgan fingerprint density at radius 3 is 0.906 bits per heavy atom. The summed E-state index contributed by atoms with van der Waals surface area (Å²) in [5.74, 6) is -0.581. The van der Waals surface area contributed by atoms with E-state index >= 15 is 0 Å². The van der Waals surface area contributed by atoms with Gasteiger partial charge in [0.15, 0.2) is 0 Å². The van der Waals surface area contributed by atoms with Crippen molar-refractivity contribution < 1.29 is 25.2 Å². The summed E-state index contributed by atoms with van der Waals surface area (Å²) >= 11 is 0. The van der Waals surface area contributed by atoms with Crippen molar-refractivity contribution in [3.63, 3.8) is 0 Å². The Bertz CT molecular complexity index is 721. The summed E-state index contributed by atoms with van der Waals surface area (Å²) in [6, 6.07) is -0.977. The van der Waals surface area contributed by atoms with Gasteiger partial charge in [-0.3, -0.25) is 4.79 Å². The van der Waals surface area contributed by atoms with Gasteiger partial charge < -0.3 is 25.7 Å². The average molecular weight is 754 g/mol. The Labute approximate surface area is 330 Å². The van der Waals surface area contributed by atoms with E-state index in [9.17, 15) is 25.2 Å². The molecule has 1 amide bonds. The minimum absolute atomic E-state index is 0.375. The van der Waals surface area contributed by atoms with Gasteiger partial charge in [0.2, 0.25) is 5.91 Å². The smallest absolute Gasteiger partial charge is 0.249 e. The zero-order valence-corrected chi connectivity index (χ0v) is 35.8. The van der Waals surface area contributed by atoms with E-state index in [0.29, 0.717) is 12.8 Å². The molecule has 4 unspecified atom stereocenters. The molecule has 0 bridgehead atoms. The van der Waals surface area contributed by atoms with E-state index in [-0.39, 0.29) is 0 Å². The number of hydrogen-bond acceptors (Lipinski definition) is 5. The van der Waals surface area contributed by atoms with E-state index in [1.807, 2.05) is 0 Å². The van der Waals surface area contributed by atoms with Crippen LogP contribution >= 0.6 is 0 Å². The molecule has 0 radical (unpaired) electrons. The SMILES string of the molecule is CCCCCCCCCCCCCCCCCCCCCCCCCCCCCCCC(O)C(=O)NC(CO)C(O)C(O)CCCCCCCCCC. The molecule has 0 fully saturated rings. The third-order valence-electron chi connectivity index (χ3n) is 11.6. The molecule has 53 heavy (non-hydrogen) atoms. The number of carbonyl (C=O) groups excluding carboxylic acids is 1. The second-order valence-electron chi connectivity index (χ2n) is 16.8. The van der Waals surface area contributed by atoms with Crippen molar-refractivity contribution >= 4 is 5.91 Å². The molecule has 0 aromatic carbocycles. The Kier molecular flexibility index (Phi) is 41.9. The summed E-state index contributed by atoms with van der Waals surface area (Å²) in [6.07, 6.45) is 46.1. The maximum Gasteiger partial charge on any atom is 0.249 e. The van der Waals surface area contributed by atoms with Gasteiger partial charge in [-0.2, -0.15) is 0 Å². The van der Waals surface area contributed by atoms with Gasteiger partial charge in [-0.25, -0.2) is 0 Å². The zero-order valence-electron chi connectivity index (χ0n) is 35.8. The van der Waals surface area contributed by atoms with Crippen LogP contribution in [0.1, 0.15) is 264 Å². The third kappa shape index (κ3) is 36.7. The summed E-state index contributed by atoms with van der Waals surface area (Å²) in [5.41, 5.74) is 0. The highest BCUT2D eigenvalue weighted by Crippen LogP contribution is 2.18. The fourth-order valence-electron chi connectivity index (χ4n) is 7.76. The van der Waals surface area contributed by atoms with Gasteiger partial charge in [0.1, 0.15) is 12.2 Å². The van der Waals surface area contributed by atoms with Gasteiger partial charge >= 0.3 is 0 Å². The second kappa shape index (κ2) is 42.5. The van der Waals surface area contributed by atoms with Gasteiger partial charge in [-0.05, 0) is 12.8 Å². The monoisotopic (exact) mass is 754 g/mol. The largest absolute Gasteiger partial charge is 0.394 e. The average Bonchev–Trinajstić information content (AvgIpc) is 3.16. The van der Waals surface area contributed by atoms with Crippen LogP contribution in [0, 0.1) is 0 Å². The number of rotatable bonds is 44. The summed E-state index contributed by atoms with van der Waals surface area (Å²) in [5, 5.41) is 43.5. The van der Waals surface area contributed by atoms with Crippen LogP contribution in [0.4, 0.5) is 0 Å². The molecular weight excluding hydrogens is 659 g/mol. The number of aliphatic hydroxyl groups is 4. The topological polar surface area (TPSA) is 110 Å². The van der Waals surface area contributed by atoms with Crippen molar-refractivity contribution in [3.8, 4) is 0 Å². The van der Waals surface area contributed by atoms with Crippen molar-refractivity contribution in [1.29, 1.82) is 0 Å². The summed E-state index contributed by atoms with van der Waals surface area (Å²) in [4.78, 5) is 12.5. The molecule has 5 N–H and O–H groups in total. The normalized spacial score (nSPS) is 14.0. The molecule has 0 spiro atoms. The Morgan fingerprint density at radius 1 is 0.396 bits per heavy atom. The van der Waals surface area contributed by atoms with E-state index < -0.39 is 36.9 Å². The van der Waals surface area contributed by atoms with Crippen molar-refractivity contribution in [2.24, 2.45) is 0 Å². The van der Waals surface area contributed by atoms with Crippen molar-refractivity contribution in [1.82, 2.24) is 5.32 Å². The van der Waals surface area contributed by atoms with E-state index in [2.05, 4.69) is 19.2 Å². The maximum atomic E-state index is 12.5. The summed E-state index contributed by atoms with van der Waals surface area (Å²) < 4.78 is 0. The number of amides is 1. The molecule has 6 heteroatoms. The van der Waals surface area contributed by atoms with Crippen LogP contribution in [-0.2, 0) is 4.79 Å².